The van der Waals surface area contributed by atoms with Crippen molar-refractivity contribution in [2.45, 2.75) is 5.92 Å². The zero-order valence-electron chi connectivity index (χ0n) is 13.9. The van der Waals surface area contributed by atoms with E-state index in [1.807, 2.05) is 35.7 Å². The molecule has 8 heteroatoms. The summed E-state index contributed by atoms with van der Waals surface area (Å²) in [5, 5.41) is 6.80. The molecule has 0 saturated carbocycles. The summed E-state index contributed by atoms with van der Waals surface area (Å²) in [6, 6.07) is 14.6. The van der Waals surface area contributed by atoms with E-state index >= 15 is 0 Å². The topological polar surface area (TPSA) is 79.5 Å². The van der Waals surface area contributed by atoms with Gasteiger partial charge in [0.25, 0.3) is 0 Å². The van der Waals surface area contributed by atoms with Gasteiger partial charge in [0.2, 0.25) is 11.8 Å². The number of fused-ring (bicyclic) bond motifs is 2. The lowest BCUT2D eigenvalue weighted by molar-refractivity contribution is -0.117. The second-order valence-corrected chi connectivity index (χ2v) is 8.47. The van der Waals surface area contributed by atoms with Gasteiger partial charge in [-0.2, -0.15) is 4.89 Å². The van der Waals surface area contributed by atoms with E-state index in [1.165, 1.54) is 11.3 Å². The van der Waals surface area contributed by atoms with E-state index in [0.717, 1.165) is 15.5 Å². The predicted octanol–water partition coefficient (Wildman–Crippen LogP) is 5.76. The van der Waals surface area contributed by atoms with Crippen LogP contribution in [0.4, 0.5) is 5.88 Å². The van der Waals surface area contributed by atoms with Crippen LogP contribution in [0.15, 0.2) is 58.3 Å². The second kappa shape index (κ2) is 7.41. The number of thiophene rings is 1. The van der Waals surface area contributed by atoms with Gasteiger partial charge in [-0.25, -0.2) is 0 Å². The number of carbonyl (C=O) groups excluding carboxylic acids is 1. The lowest BCUT2D eigenvalue weighted by Gasteiger charge is -2.11. The maximum Gasteiger partial charge on any atom is 0.506 e. The summed E-state index contributed by atoms with van der Waals surface area (Å²) in [6.07, 6.45) is -0.181. The minimum atomic E-state index is -2.50. The van der Waals surface area contributed by atoms with Crippen molar-refractivity contribution in [3.8, 4) is 0 Å². The Labute approximate surface area is 164 Å². The molecule has 2 heterocycles. The van der Waals surface area contributed by atoms with E-state index in [0.29, 0.717) is 22.1 Å². The van der Waals surface area contributed by atoms with Gasteiger partial charge in [0.1, 0.15) is 11.5 Å². The molecule has 5 nitrogen and oxygen atoms in total. The maximum atomic E-state index is 12.9. The van der Waals surface area contributed by atoms with Crippen molar-refractivity contribution in [3.05, 3.63) is 64.5 Å². The first-order valence-electron chi connectivity index (χ1n) is 8.11. The van der Waals surface area contributed by atoms with E-state index in [9.17, 15) is 14.3 Å². The third-order valence-electron chi connectivity index (χ3n) is 4.27. The van der Waals surface area contributed by atoms with Gasteiger partial charge in [-0.3, -0.25) is 10.1 Å². The fraction of sp³-hybridized carbons (Fsp3) is 0.105. The molecule has 0 saturated heterocycles. The number of nitrogens with one attached hydrogen (secondary N) is 1. The van der Waals surface area contributed by atoms with Crippen LogP contribution in [0.1, 0.15) is 11.5 Å². The van der Waals surface area contributed by atoms with Crippen LogP contribution in [-0.2, 0) is 9.36 Å². The van der Waals surface area contributed by atoms with Crippen molar-refractivity contribution in [2.75, 3.05) is 11.5 Å². The Balaban J connectivity index is 1.69. The monoisotopic (exact) mass is 418 g/mol. The lowest BCUT2D eigenvalue weighted by Crippen LogP contribution is -2.22. The number of hydrogen-bond donors (Lipinski definition) is 2. The van der Waals surface area contributed by atoms with E-state index in [2.05, 4.69) is 5.32 Å². The zero-order chi connectivity index (χ0) is 19.0. The van der Waals surface area contributed by atoms with Crippen molar-refractivity contribution in [3.63, 3.8) is 0 Å². The first-order chi connectivity index (χ1) is 13.0. The summed E-state index contributed by atoms with van der Waals surface area (Å²) in [5.74, 6) is -0.887. The van der Waals surface area contributed by atoms with Crippen LogP contribution in [0.25, 0.3) is 21.1 Å². The van der Waals surface area contributed by atoms with E-state index in [1.54, 1.807) is 18.2 Å². The van der Waals surface area contributed by atoms with Gasteiger partial charge in [-0.05, 0) is 45.2 Å². The van der Waals surface area contributed by atoms with Crippen molar-refractivity contribution in [1.29, 1.82) is 0 Å². The zero-order valence-corrected chi connectivity index (χ0v) is 16.4. The van der Waals surface area contributed by atoms with E-state index in [4.69, 9.17) is 16.0 Å². The fourth-order valence-corrected chi connectivity index (χ4v) is 4.86. The van der Waals surface area contributed by atoms with Crippen molar-refractivity contribution < 1.29 is 18.7 Å². The molecule has 0 aliphatic carbocycles. The van der Waals surface area contributed by atoms with Crippen LogP contribution >= 0.6 is 31.0 Å². The van der Waals surface area contributed by atoms with Crippen LogP contribution in [0, 0.1) is 0 Å². The van der Waals surface area contributed by atoms with Gasteiger partial charge in [0.15, 0.2) is 6.16 Å². The molecule has 0 bridgehead atoms. The van der Waals surface area contributed by atoms with Crippen molar-refractivity contribution in [1.82, 2.24) is 0 Å². The summed E-state index contributed by atoms with van der Waals surface area (Å²) in [7, 11) is -2.50. The molecular weight excluding hydrogens is 405 g/mol. The summed E-state index contributed by atoms with van der Waals surface area (Å²) < 4.78 is 18.1. The van der Waals surface area contributed by atoms with Gasteiger partial charge < -0.3 is 4.42 Å². The number of amides is 1. The highest BCUT2D eigenvalue weighted by atomic mass is 35.5. The minimum absolute atomic E-state index is 0.181. The Hall–Kier alpha value is -2.24. The van der Waals surface area contributed by atoms with Crippen LogP contribution in [0.5, 0.6) is 0 Å². The number of carbonyl (C=O) groups is 1. The van der Waals surface area contributed by atoms with Crippen LogP contribution in [0.3, 0.4) is 0 Å². The Bertz CT molecular complexity index is 1140. The summed E-state index contributed by atoms with van der Waals surface area (Å²) >= 11 is 7.56. The van der Waals surface area contributed by atoms with Gasteiger partial charge >= 0.3 is 8.03 Å². The minimum Gasteiger partial charge on any atom is -0.440 e. The van der Waals surface area contributed by atoms with E-state index in [-0.39, 0.29) is 6.16 Å². The SMILES string of the molecule is O=C(Nc1cc2ccccc2o1)C(C[P+](=O)O)c1csc2ccc(Cl)cc12. The normalized spacial score (nSPS) is 13.0. The third kappa shape index (κ3) is 3.75. The smallest absolute Gasteiger partial charge is 0.440 e. The van der Waals surface area contributed by atoms with Gasteiger partial charge in [0.05, 0.1) is 0 Å². The van der Waals surface area contributed by atoms with Crippen molar-refractivity contribution >= 4 is 63.8 Å². The number of hydrogen-bond acceptors (Lipinski definition) is 4. The Kier molecular flexibility index (Phi) is 4.98. The number of furan rings is 1. The molecule has 0 aliphatic rings. The molecule has 4 rings (SSSR count). The predicted molar refractivity (Wildman–Crippen MR) is 109 cm³/mol. The maximum absolute atomic E-state index is 12.9. The largest absolute Gasteiger partial charge is 0.506 e. The second-order valence-electron chi connectivity index (χ2n) is 6.06. The van der Waals surface area contributed by atoms with Crippen LogP contribution < -0.4 is 5.32 Å². The molecule has 2 atom stereocenters. The highest BCUT2D eigenvalue weighted by Gasteiger charge is 2.32. The average molecular weight is 419 g/mol. The first-order valence-corrected chi connectivity index (χ1v) is 10.8. The highest BCUT2D eigenvalue weighted by molar-refractivity contribution is 7.38. The standard InChI is InChI=1S/C19H13ClNO4PS/c20-12-5-6-17-13(8-12)15(10-27-17)14(9-26(23)24)19(22)21-18-7-11-3-1-2-4-16(11)25-18/h1-8,10,14H,9H2,(H-,21,22,23,24)/p+1. The van der Waals surface area contributed by atoms with Gasteiger partial charge in [0, 0.05) is 21.2 Å². The number of anilines is 1. The molecule has 1 amide bonds. The Morgan fingerprint density at radius 1 is 1.26 bits per heavy atom. The van der Waals surface area contributed by atoms with Gasteiger partial charge in [-0.15, -0.1) is 11.3 Å². The molecule has 4 aromatic rings. The van der Waals surface area contributed by atoms with Gasteiger partial charge in [-0.1, -0.05) is 29.8 Å². The summed E-state index contributed by atoms with van der Waals surface area (Å²) in [5.41, 5.74) is 1.34. The fourth-order valence-electron chi connectivity index (χ4n) is 3.02. The van der Waals surface area contributed by atoms with Crippen molar-refractivity contribution in [2.24, 2.45) is 0 Å². The quantitative estimate of drug-likeness (QED) is 0.404. The molecular formula is C19H14ClNO4PS+. The molecule has 2 aromatic carbocycles. The molecule has 2 aromatic heterocycles. The van der Waals surface area contributed by atoms with Crippen LogP contribution in [0.2, 0.25) is 5.02 Å². The summed E-state index contributed by atoms with van der Waals surface area (Å²) in [4.78, 5) is 22.4. The molecule has 2 N–H and O–H groups in total. The molecule has 0 spiro atoms. The molecule has 0 fully saturated rings. The average Bonchev–Trinajstić information content (AvgIpc) is 3.22. The first kappa shape index (κ1) is 18.1. The number of para-hydroxylation sites is 1. The lowest BCUT2D eigenvalue weighted by atomic mass is 9.99. The Morgan fingerprint density at radius 3 is 2.85 bits per heavy atom. The number of rotatable bonds is 5. The van der Waals surface area contributed by atoms with Crippen LogP contribution in [-0.4, -0.2) is 17.0 Å². The molecule has 27 heavy (non-hydrogen) atoms. The molecule has 136 valence electrons. The van der Waals surface area contributed by atoms with E-state index < -0.39 is 19.9 Å². The number of benzene rings is 2. The molecule has 0 radical (unpaired) electrons. The Morgan fingerprint density at radius 2 is 2.07 bits per heavy atom. The molecule has 0 aliphatic heterocycles. The third-order valence-corrected chi connectivity index (χ3v) is 6.16. The highest BCUT2D eigenvalue weighted by Crippen LogP contribution is 2.37. The molecule has 2 unspecified atom stereocenters. The number of halogens is 1. The summed E-state index contributed by atoms with van der Waals surface area (Å²) in [6.45, 7) is 0.